The number of imidazole rings is 1. The van der Waals surface area contributed by atoms with E-state index in [2.05, 4.69) is 4.98 Å². The standard InChI is InChI=1S/C14H15ClN4O4/c1-17(6-7-23-12-4-2-11(15)3-5-12)14(20)9-18-8-13(16-10-18)19(21)22/h2-5,8,10H,6-7,9H2,1H3. The number of ether oxygens (including phenoxy) is 1. The van der Waals surface area contributed by atoms with Gasteiger partial charge in [0.15, 0.2) is 0 Å². The van der Waals surface area contributed by atoms with E-state index in [1.165, 1.54) is 22.0 Å². The van der Waals surface area contributed by atoms with Crippen LogP contribution in [0.4, 0.5) is 5.82 Å². The zero-order valence-electron chi connectivity index (χ0n) is 12.4. The van der Waals surface area contributed by atoms with E-state index >= 15 is 0 Å². The van der Waals surface area contributed by atoms with Crippen LogP contribution in [0.1, 0.15) is 0 Å². The van der Waals surface area contributed by atoms with Gasteiger partial charge in [0, 0.05) is 12.1 Å². The zero-order valence-corrected chi connectivity index (χ0v) is 13.1. The van der Waals surface area contributed by atoms with Crippen molar-refractivity contribution >= 4 is 23.3 Å². The zero-order chi connectivity index (χ0) is 16.8. The maximum absolute atomic E-state index is 12.0. The summed E-state index contributed by atoms with van der Waals surface area (Å²) in [7, 11) is 1.64. The number of halogens is 1. The number of rotatable bonds is 7. The Labute approximate surface area is 137 Å². The van der Waals surface area contributed by atoms with Crippen molar-refractivity contribution in [3.8, 4) is 5.75 Å². The Kier molecular flexibility index (Phi) is 5.53. The van der Waals surface area contributed by atoms with Gasteiger partial charge < -0.3 is 24.3 Å². The minimum atomic E-state index is -0.607. The molecule has 0 unspecified atom stereocenters. The summed E-state index contributed by atoms with van der Waals surface area (Å²) >= 11 is 5.78. The minimum Gasteiger partial charge on any atom is -0.492 e. The number of aromatic nitrogens is 2. The van der Waals surface area contributed by atoms with E-state index in [9.17, 15) is 14.9 Å². The summed E-state index contributed by atoms with van der Waals surface area (Å²) in [6, 6.07) is 6.93. The van der Waals surface area contributed by atoms with E-state index in [4.69, 9.17) is 16.3 Å². The number of benzene rings is 1. The average Bonchev–Trinajstić information content (AvgIpc) is 2.98. The number of nitrogens with zero attached hydrogens (tertiary/aromatic N) is 4. The summed E-state index contributed by atoms with van der Waals surface area (Å²) in [5, 5.41) is 11.2. The Morgan fingerprint density at radius 1 is 1.43 bits per heavy atom. The van der Waals surface area contributed by atoms with Gasteiger partial charge in [-0.2, -0.15) is 0 Å². The van der Waals surface area contributed by atoms with Crippen molar-refractivity contribution in [2.24, 2.45) is 0 Å². The van der Waals surface area contributed by atoms with Crippen LogP contribution in [0.2, 0.25) is 5.02 Å². The van der Waals surface area contributed by atoms with Crippen molar-refractivity contribution in [2.75, 3.05) is 20.2 Å². The smallest absolute Gasteiger partial charge is 0.381 e. The first-order valence-corrected chi connectivity index (χ1v) is 7.12. The van der Waals surface area contributed by atoms with Gasteiger partial charge in [-0.15, -0.1) is 0 Å². The molecule has 2 rings (SSSR count). The Balaban J connectivity index is 1.78. The van der Waals surface area contributed by atoms with Crippen LogP contribution in [0, 0.1) is 10.1 Å². The monoisotopic (exact) mass is 338 g/mol. The van der Waals surface area contributed by atoms with Crippen LogP contribution in [0.3, 0.4) is 0 Å². The molecule has 0 bridgehead atoms. The van der Waals surface area contributed by atoms with Gasteiger partial charge in [-0.25, -0.2) is 0 Å². The molecule has 0 aliphatic carbocycles. The van der Waals surface area contributed by atoms with E-state index in [0.717, 1.165) is 0 Å². The molecule has 0 saturated heterocycles. The van der Waals surface area contributed by atoms with Gasteiger partial charge >= 0.3 is 5.82 Å². The molecule has 0 N–H and O–H groups in total. The minimum absolute atomic E-state index is 0.0156. The number of carbonyl (C=O) groups is 1. The second-order valence-corrected chi connectivity index (χ2v) is 5.22. The molecule has 1 heterocycles. The number of hydrogen-bond donors (Lipinski definition) is 0. The first kappa shape index (κ1) is 16.8. The van der Waals surface area contributed by atoms with Crippen molar-refractivity contribution in [3.63, 3.8) is 0 Å². The molecule has 0 aliphatic heterocycles. The maximum Gasteiger partial charge on any atom is 0.381 e. The Hall–Kier alpha value is -2.61. The van der Waals surface area contributed by atoms with Gasteiger partial charge in [-0.3, -0.25) is 4.79 Å². The van der Waals surface area contributed by atoms with Crippen LogP contribution in [0.15, 0.2) is 36.8 Å². The molecule has 8 nitrogen and oxygen atoms in total. The molecule has 0 atom stereocenters. The predicted octanol–water partition coefficient (Wildman–Crippen LogP) is 1.98. The fourth-order valence-electron chi connectivity index (χ4n) is 1.76. The molecule has 1 aromatic heterocycles. The molecule has 9 heteroatoms. The molecule has 23 heavy (non-hydrogen) atoms. The summed E-state index contributed by atoms with van der Waals surface area (Å²) in [5.74, 6) is 0.184. The highest BCUT2D eigenvalue weighted by Gasteiger charge is 2.14. The fraction of sp³-hybridized carbons (Fsp3) is 0.286. The Morgan fingerprint density at radius 3 is 2.74 bits per heavy atom. The Morgan fingerprint density at radius 2 is 2.13 bits per heavy atom. The van der Waals surface area contributed by atoms with Gasteiger partial charge in [-0.05, 0) is 34.2 Å². The number of likely N-dealkylation sites (N-methyl/N-ethyl adjacent to an activating group) is 1. The molecule has 1 amide bonds. The normalized spacial score (nSPS) is 10.3. The highest BCUT2D eigenvalue weighted by atomic mass is 35.5. The molecule has 0 aliphatic rings. The quantitative estimate of drug-likeness (QED) is 0.568. The van der Waals surface area contributed by atoms with Crippen LogP contribution >= 0.6 is 11.6 Å². The van der Waals surface area contributed by atoms with E-state index in [1.54, 1.807) is 31.3 Å². The van der Waals surface area contributed by atoms with Crippen molar-refractivity contribution in [1.82, 2.24) is 14.5 Å². The topological polar surface area (TPSA) is 90.5 Å². The van der Waals surface area contributed by atoms with Gasteiger partial charge in [-0.1, -0.05) is 11.6 Å². The maximum atomic E-state index is 12.0. The molecule has 1 aromatic carbocycles. The van der Waals surface area contributed by atoms with Gasteiger partial charge in [0.05, 0.1) is 6.54 Å². The summed E-state index contributed by atoms with van der Waals surface area (Å²) in [4.78, 5) is 27.0. The molecular weight excluding hydrogens is 324 g/mol. The lowest BCUT2D eigenvalue weighted by atomic mass is 10.3. The summed E-state index contributed by atoms with van der Waals surface area (Å²) in [5.41, 5.74) is 0. The van der Waals surface area contributed by atoms with E-state index in [1.807, 2.05) is 0 Å². The second kappa shape index (κ2) is 7.59. The molecule has 0 radical (unpaired) electrons. The molecule has 2 aromatic rings. The average molecular weight is 339 g/mol. The fourth-order valence-corrected chi connectivity index (χ4v) is 1.89. The third-order valence-electron chi connectivity index (χ3n) is 3.06. The van der Waals surface area contributed by atoms with Crippen LogP contribution in [-0.4, -0.2) is 45.5 Å². The first-order chi connectivity index (χ1) is 11.0. The molecule has 122 valence electrons. The van der Waals surface area contributed by atoms with Gasteiger partial charge in [0.2, 0.25) is 12.2 Å². The lowest BCUT2D eigenvalue weighted by Gasteiger charge is -2.17. The third-order valence-corrected chi connectivity index (χ3v) is 3.31. The van der Waals surface area contributed by atoms with Crippen LogP contribution < -0.4 is 4.74 Å². The molecule has 0 fully saturated rings. The van der Waals surface area contributed by atoms with Crippen molar-refractivity contribution in [2.45, 2.75) is 6.54 Å². The third kappa shape index (κ3) is 4.96. The van der Waals surface area contributed by atoms with Gasteiger partial charge in [0.1, 0.15) is 25.1 Å². The van der Waals surface area contributed by atoms with Gasteiger partial charge in [0.25, 0.3) is 0 Å². The van der Waals surface area contributed by atoms with Crippen molar-refractivity contribution in [1.29, 1.82) is 0 Å². The first-order valence-electron chi connectivity index (χ1n) is 6.74. The number of carbonyl (C=O) groups excluding carboxylic acids is 1. The molecule has 0 spiro atoms. The SMILES string of the molecule is CN(CCOc1ccc(Cl)cc1)C(=O)Cn1cnc([N+](=O)[O-])c1. The summed E-state index contributed by atoms with van der Waals surface area (Å²) < 4.78 is 6.88. The number of amides is 1. The Bertz CT molecular complexity index is 686. The van der Waals surface area contributed by atoms with Crippen molar-refractivity contribution < 1.29 is 14.5 Å². The van der Waals surface area contributed by atoms with E-state index in [0.29, 0.717) is 23.9 Å². The largest absolute Gasteiger partial charge is 0.492 e. The van der Waals surface area contributed by atoms with Crippen molar-refractivity contribution in [3.05, 3.63) is 51.9 Å². The molecular formula is C14H15ClN4O4. The summed E-state index contributed by atoms with van der Waals surface area (Å²) in [6.45, 7) is 0.699. The lowest BCUT2D eigenvalue weighted by Crippen LogP contribution is -2.33. The van der Waals surface area contributed by atoms with Crippen LogP contribution in [0.5, 0.6) is 5.75 Å². The molecule has 0 saturated carbocycles. The predicted molar refractivity (Wildman–Crippen MR) is 83.5 cm³/mol. The van der Waals surface area contributed by atoms with E-state index < -0.39 is 4.92 Å². The highest BCUT2D eigenvalue weighted by Crippen LogP contribution is 2.15. The number of hydrogen-bond acceptors (Lipinski definition) is 5. The van der Waals surface area contributed by atoms with Crippen LogP contribution in [0.25, 0.3) is 0 Å². The summed E-state index contributed by atoms with van der Waals surface area (Å²) in [6.07, 6.45) is 2.48. The van der Waals surface area contributed by atoms with E-state index in [-0.39, 0.29) is 18.3 Å². The highest BCUT2D eigenvalue weighted by molar-refractivity contribution is 6.30. The second-order valence-electron chi connectivity index (χ2n) is 4.78. The lowest BCUT2D eigenvalue weighted by molar-refractivity contribution is -0.389. The number of nitro groups is 1. The van der Waals surface area contributed by atoms with Crippen LogP contribution in [-0.2, 0) is 11.3 Å².